The predicted octanol–water partition coefficient (Wildman–Crippen LogP) is 1.90. The number of nitrogens with one attached hydrogen (secondary N) is 1. The fourth-order valence-electron chi connectivity index (χ4n) is 1.86. The smallest absolute Gasteiger partial charge is 0.255 e. The number of amides is 1. The summed E-state index contributed by atoms with van der Waals surface area (Å²) in [5, 5.41) is 6.96. The van der Waals surface area contributed by atoms with Crippen LogP contribution in [0.1, 0.15) is 35.2 Å². The van der Waals surface area contributed by atoms with Crippen LogP contribution in [0.15, 0.2) is 29.0 Å². The summed E-state index contributed by atoms with van der Waals surface area (Å²) in [6.45, 7) is 2.48. The highest BCUT2D eigenvalue weighted by atomic mass is 16.3. The number of rotatable bonds is 5. The molecule has 5 heteroatoms. The topological polar surface area (TPSA) is 60.1 Å². The first-order chi connectivity index (χ1) is 8.72. The van der Waals surface area contributed by atoms with Crippen LogP contribution in [0.5, 0.6) is 0 Å². The van der Waals surface area contributed by atoms with Crippen molar-refractivity contribution < 1.29 is 9.21 Å². The third kappa shape index (κ3) is 2.61. The molecule has 0 radical (unpaired) electrons. The van der Waals surface area contributed by atoms with Gasteiger partial charge in [-0.25, -0.2) is 0 Å². The van der Waals surface area contributed by atoms with Gasteiger partial charge in [0, 0.05) is 7.05 Å². The number of nitrogens with zero attached hydrogens (tertiary/aromatic N) is 2. The van der Waals surface area contributed by atoms with Crippen molar-refractivity contribution in [3.63, 3.8) is 0 Å². The van der Waals surface area contributed by atoms with Gasteiger partial charge in [-0.2, -0.15) is 5.10 Å². The van der Waals surface area contributed by atoms with Gasteiger partial charge in [-0.05, 0) is 18.6 Å². The largest absolute Gasteiger partial charge is 0.467 e. The molecule has 0 aromatic carbocycles. The summed E-state index contributed by atoms with van der Waals surface area (Å²) >= 11 is 0. The van der Waals surface area contributed by atoms with Crippen LogP contribution in [0, 0.1) is 0 Å². The van der Waals surface area contributed by atoms with Crippen LogP contribution in [0.3, 0.4) is 0 Å². The average Bonchev–Trinajstić information content (AvgIpc) is 2.98. The lowest BCUT2D eigenvalue weighted by molar-refractivity contribution is 0.0947. The zero-order chi connectivity index (χ0) is 13.0. The second-order valence-electron chi connectivity index (χ2n) is 4.14. The lowest BCUT2D eigenvalue weighted by Gasteiger charge is -2.05. The maximum absolute atomic E-state index is 12.0. The van der Waals surface area contributed by atoms with Gasteiger partial charge in [0.15, 0.2) is 0 Å². The van der Waals surface area contributed by atoms with Crippen LogP contribution in [0.4, 0.5) is 0 Å². The molecule has 18 heavy (non-hydrogen) atoms. The van der Waals surface area contributed by atoms with Crippen LogP contribution < -0.4 is 5.32 Å². The van der Waals surface area contributed by atoms with E-state index in [0.29, 0.717) is 12.1 Å². The minimum Gasteiger partial charge on any atom is -0.467 e. The molecule has 0 saturated carbocycles. The molecule has 5 nitrogen and oxygen atoms in total. The van der Waals surface area contributed by atoms with E-state index in [1.165, 1.54) is 0 Å². The molecule has 0 unspecified atom stereocenters. The first kappa shape index (κ1) is 12.4. The molecule has 1 N–H and O–H groups in total. The molecule has 1 amide bonds. The Labute approximate surface area is 106 Å². The Morgan fingerprint density at radius 1 is 1.56 bits per heavy atom. The molecule has 96 valence electrons. The monoisotopic (exact) mass is 247 g/mol. The van der Waals surface area contributed by atoms with Crippen molar-refractivity contribution in [3.8, 4) is 0 Å². The van der Waals surface area contributed by atoms with E-state index < -0.39 is 0 Å². The van der Waals surface area contributed by atoms with Gasteiger partial charge >= 0.3 is 0 Å². The fourth-order valence-corrected chi connectivity index (χ4v) is 1.86. The summed E-state index contributed by atoms with van der Waals surface area (Å²) in [4.78, 5) is 12.0. The minimum atomic E-state index is -0.108. The standard InChI is InChI=1S/C13H17N3O2/c1-3-5-12-11(9-15-16(12)2)13(17)14-8-10-6-4-7-18-10/h4,6-7,9H,3,5,8H2,1-2H3,(H,14,17). The Morgan fingerprint density at radius 3 is 3.06 bits per heavy atom. The fraction of sp³-hybridized carbons (Fsp3) is 0.385. The second kappa shape index (κ2) is 5.53. The highest BCUT2D eigenvalue weighted by Crippen LogP contribution is 2.10. The summed E-state index contributed by atoms with van der Waals surface area (Å²) in [5.41, 5.74) is 1.61. The maximum Gasteiger partial charge on any atom is 0.255 e. The molecule has 2 aromatic heterocycles. The minimum absolute atomic E-state index is 0.108. The third-order valence-corrected chi connectivity index (χ3v) is 2.80. The zero-order valence-corrected chi connectivity index (χ0v) is 10.6. The Morgan fingerprint density at radius 2 is 2.39 bits per heavy atom. The van der Waals surface area contributed by atoms with E-state index in [9.17, 15) is 4.79 Å². The van der Waals surface area contributed by atoms with Gasteiger partial charge in [0.25, 0.3) is 5.91 Å². The first-order valence-electron chi connectivity index (χ1n) is 6.03. The molecule has 0 atom stereocenters. The van der Waals surface area contributed by atoms with Crippen molar-refractivity contribution in [2.24, 2.45) is 7.05 Å². The second-order valence-corrected chi connectivity index (χ2v) is 4.14. The van der Waals surface area contributed by atoms with E-state index in [0.717, 1.165) is 24.3 Å². The SMILES string of the molecule is CCCc1c(C(=O)NCc2ccco2)cnn1C. The molecule has 0 aliphatic carbocycles. The van der Waals surface area contributed by atoms with Gasteiger partial charge < -0.3 is 9.73 Å². The van der Waals surface area contributed by atoms with Gasteiger partial charge in [0.2, 0.25) is 0 Å². The van der Waals surface area contributed by atoms with Crippen LogP contribution in [0.2, 0.25) is 0 Å². The predicted molar refractivity (Wildman–Crippen MR) is 67.1 cm³/mol. The van der Waals surface area contributed by atoms with Crippen molar-refractivity contribution in [2.45, 2.75) is 26.3 Å². The highest BCUT2D eigenvalue weighted by molar-refractivity contribution is 5.95. The number of aromatic nitrogens is 2. The zero-order valence-electron chi connectivity index (χ0n) is 10.6. The van der Waals surface area contributed by atoms with Crippen molar-refractivity contribution in [1.29, 1.82) is 0 Å². The van der Waals surface area contributed by atoms with E-state index >= 15 is 0 Å². The Balaban J connectivity index is 2.04. The lowest BCUT2D eigenvalue weighted by atomic mass is 10.1. The van der Waals surface area contributed by atoms with Crippen molar-refractivity contribution in [2.75, 3.05) is 0 Å². The maximum atomic E-state index is 12.0. The molecule has 0 saturated heterocycles. The van der Waals surface area contributed by atoms with Gasteiger partial charge in [0.05, 0.1) is 30.3 Å². The van der Waals surface area contributed by atoms with Crippen LogP contribution in [0.25, 0.3) is 0 Å². The molecular formula is C13H17N3O2. The average molecular weight is 247 g/mol. The van der Waals surface area contributed by atoms with E-state index in [4.69, 9.17) is 4.42 Å². The van der Waals surface area contributed by atoms with Gasteiger partial charge in [-0.1, -0.05) is 13.3 Å². The number of carbonyl (C=O) groups excluding carboxylic acids is 1. The van der Waals surface area contributed by atoms with Crippen LogP contribution in [-0.2, 0) is 20.0 Å². The molecule has 2 heterocycles. The Bertz CT molecular complexity index is 514. The summed E-state index contributed by atoms with van der Waals surface area (Å²) in [7, 11) is 1.86. The molecule has 0 aliphatic heterocycles. The van der Waals surface area contributed by atoms with Crippen molar-refractivity contribution >= 4 is 5.91 Å². The summed E-state index contributed by atoms with van der Waals surface area (Å²) in [6, 6.07) is 3.63. The number of carbonyl (C=O) groups is 1. The molecule has 0 bridgehead atoms. The third-order valence-electron chi connectivity index (χ3n) is 2.80. The van der Waals surface area contributed by atoms with Gasteiger partial charge in [0.1, 0.15) is 5.76 Å². The van der Waals surface area contributed by atoms with E-state index in [2.05, 4.69) is 17.3 Å². The van der Waals surface area contributed by atoms with Crippen LogP contribution in [-0.4, -0.2) is 15.7 Å². The summed E-state index contributed by atoms with van der Waals surface area (Å²) in [6.07, 6.45) is 5.04. The molecule has 2 rings (SSSR count). The molecule has 0 aliphatic rings. The molecular weight excluding hydrogens is 230 g/mol. The number of hydrogen-bond acceptors (Lipinski definition) is 3. The molecule has 2 aromatic rings. The first-order valence-corrected chi connectivity index (χ1v) is 6.03. The summed E-state index contributed by atoms with van der Waals surface area (Å²) < 4.78 is 6.92. The Hall–Kier alpha value is -2.04. The quantitative estimate of drug-likeness (QED) is 0.877. The summed E-state index contributed by atoms with van der Waals surface area (Å²) in [5.74, 6) is 0.632. The Kier molecular flexibility index (Phi) is 3.82. The van der Waals surface area contributed by atoms with E-state index in [1.807, 2.05) is 13.1 Å². The highest BCUT2D eigenvalue weighted by Gasteiger charge is 2.15. The number of aryl methyl sites for hydroxylation is 1. The number of furan rings is 1. The van der Waals surface area contributed by atoms with E-state index in [1.54, 1.807) is 23.2 Å². The van der Waals surface area contributed by atoms with Crippen LogP contribution >= 0.6 is 0 Å². The van der Waals surface area contributed by atoms with Gasteiger partial charge in [-0.15, -0.1) is 0 Å². The van der Waals surface area contributed by atoms with Crippen molar-refractivity contribution in [3.05, 3.63) is 41.6 Å². The normalized spacial score (nSPS) is 10.6. The number of hydrogen-bond donors (Lipinski definition) is 1. The molecule has 0 fully saturated rings. The molecule has 0 spiro atoms. The van der Waals surface area contributed by atoms with Gasteiger partial charge in [-0.3, -0.25) is 9.48 Å². The lowest BCUT2D eigenvalue weighted by Crippen LogP contribution is -2.23. The van der Waals surface area contributed by atoms with Crippen molar-refractivity contribution in [1.82, 2.24) is 15.1 Å². The van der Waals surface area contributed by atoms with E-state index in [-0.39, 0.29) is 5.91 Å².